The monoisotopic (exact) mass is 343 g/mol. The fourth-order valence-electron chi connectivity index (χ4n) is 3.11. The third-order valence-electron chi connectivity index (χ3n) is 4.32. The van der Waals surface area contributed by atoms with Crippen LogP contribution in [0.25, 0.3) is 16.7 Å². The highest BCUT2D eigenvalue weighted by Gasteiger charge is 2.16. The molecule has 0 fully saturated rings. The summed E-state index contributed by atoms with van der Waals surface area (Å²) in [6.45, 7) is 4.02. The number of aromatic nitrogens is 5. The Labute approximate surface area is 150 Å². The van der Waals surface area contributed by atoms with Crippen molar-refractivity contribution in [1.29, 1.82) is 5.26 Å². The summed E-state index contributed by atoms with van der Waals surface area (Å²) in [5.41, 5.74) is 4.20. The number of rotatable bonds is 3. The summed E-state index contributed by atoms with van der Waals surface area (Å²) in [6, 6.07) is 14.0. The molecular weight excluding hydrogens is 326 g/mol. The highest BCUT2D eigenvalue weighted by molar-refractivity contribution is 5.85. The van der Waals surface area contributed by atoms with E-state index in [2.05, 4.69) is 21.6 Å². The van der Waals surface area contributed by atoms with Crippen LogP contribution in [0.2, 0.25) is 0 Å². The maximum atomic E-state index is 9.25. The van der Waals surface area contributed by atoms with Gasteiger partial charge in [-0.05, 0) is 37.6 Å². The lowest BCUT2D eigenvalue weighted by Crippen LogP contribution is -2.04. The van der Waals surface area contributed by atoms with Gasteiger partial charge in [-0.15, -0.1) is 0 Å². The highest BCUT2D eigenvalue weighted by atomic mass is 15.3. The molecule has 0 spiro atoms. The molecule has 3 heterocycles. The molecule has 0 saturated carbocycles. The largest absolute Gasteiger partial charge is 0.324 e. The van der Waals surface area contributed by atoms with Crippen molar-refractivity contribution in [1.82, 2.24) is 24.5 Å². The normalized spacial score (nSPS) is 10.8. The van der Waals surface area contributed by atoms with E-state index in [1.807, 2.05) is 54.9 Å². The van der Waals surface area contributed by atoms with E-state index >= 15 is 0 Å². The summed E-state index contributed by atoms with van der Waals surface area (Å²) in [6.07, 6.45) is 1.53. The molecule has 4 aromatic rings. The van der Waals surface area contributed by atoms with Crippen LogP contribution in [0.3, 0.4) is 0 Å². The number of anilines is 2. The molecule has 0 unspecified atom stereocenters. The molecule has 3 aromatic heterocycles. The first-order chi connectivity index (χ1) is 12.6. The van der Waals surface area contributed by atoms with Crippen LogP contribution in [0.1, 0.15) is 16.8 Å². The summed E-state index contributed by atoms with van der Waals surface area (Å²) < 4.78 is 3.47. The molecule has 128 valence electrons. The van der Waals surface area contributed by atoms with Gasteiger partial charge >= 0.3 is 0 Å². The van der Waals surface area contributed by atoms with E-state index in [9.17, 15) is 5.26 Å². The number of nitrogens with zero attached hydrogens (tertiary/aromatic N) is 6. The average molecular weight is 343 g/mol. The fraction of sp³-hybridized carbons (Fsp3) is 0.158. The van der Waals surface area contributed by atoms with E-state index in [0.717, 1.165) is 28.0 Å². The summed E-state index contributed by atoms with van der Waals surface area (Å²) in [4.78, 5) is 4.76. The lowest BCUT2D eigenvalue weighted by Gasteiger charge is -2.09. The van der Waals surface area contributed by atoms with Crippen molar-refractivity contribution in [2.45, 2.75) is 13.8 Å². The van der Waals surface area contributed by atoms with Crippen molar-refractivity contribution >= 4 is 22.7 Å². The van der Waals surface area contributed by atoms with E-state index in [1.165, 1.54) is 6.20 Å². The third-order valence-corrected chi connectivity index (χ3v) is 4.32. The Morgan fingerprint density at radius 2 is 1.92 bits per heavy atom. The summed E-state index contributed by atoms with van der Waals surface area (Å²) in [5.74, 6) is 1.26. The minimum Gasteiger partial charge on any atom is -0.324 e. The van der Waals surface area contributed by atoms with Crippen molar-refractivity contribution in [2.75, 3.05) is 5.32 Å². The van der Waals surface area contributed by atoms with Gasteiger partial charge in [-0.3, -0.25) is 4.68 Å². The Hall–Kier alpha value is -3.66. The number of nitrogens with one attached hydrogen (secondary N) is 1. The molecule has 7 nitrogen and oxygen atoms in total. The lowest BCUT2D eigenvalue weighted by atomic mass is 10.1. The zero-order valence-corrected chi connectivity index (χ0v) is 14.7. The predicted molar refractivity (Wildman–Crippen MR) is 99.5 cm³/mol. The number of nitriles is 1. The quantitative estimate of drug-likeness (QED) is 0.616. The number of benzene rings is 1. The van der Waals surface area contributed by atoms with Gasteiger partial charge in [0.1, 0.15) is 23.3 Å². The molecule has 0 aliphatic carbocycles. The van der Waals surface area contributed by atoms with Crippen molar-refractivity contribution < 1.29 is 0 Å². The topological polar surface area (TPSA) is 84.3 Å². The van der Waals surface area contributed by atoms with Crippen LogP contribution < -0.4 is 5.32 Å². The molecule has 7 heteroatoms. The zero-order valence-electron chi connectivity index (χ0n) is 14.7. The van der Waals surface area contributed by atoms with Crippen molar-refractivity contribution in [3.05, 3.63) is 59.4 Å². The third kappa shape index (κ3) is 2.48. The number of aryl methyl sites for hydroxylation is 3. The van der Waals surface area contributed by atoms with Gasteiger partial charge in [0.05, 0.1) is 17.6 Å². The van der Waals surface area contributed by atoms with E-state index < -0.39 is 0 Å². The number of para-hydroxylation sites is 1. The zero-order chi connectivity index (χ0) is 18.3. The van der Waals surface area contributed by atoms with Gasteiger partial charge in [0.25, 0.3) is 0 Å². The second kappa shape index (κ2) is 6.01. The van der Waals surface area contributed by atoms with Gasteiger partial charge < -0.3 is 5.32 Å². The van der Waals surface area contributed by atoms with Gasteiger partial charge in [0.2, 0.25) is 0 Å². The number of hydrogen-bond acceptors (Lipinski definition) is 5. The van der Waals surface area contributed by atoms with Crippen LogP contribution in [0.15, 0.2) is 42.6 Å². The molecule has 1 aromatic carbocycles. The molecule has 4 rings (SSSR count). The van der Waals surface area contributed by atoms with E-state index in [4.69, 9.17) is 4.98 Å². The highest BCUT2D eigenvalue weighted by Crippen LogP contribution is 2.27. The van der Waals surface area contributed by atoms with Crippen LogP contribution >= 0.6 is 0 Å². The molecule has 1 N–H and O–H groups in total. The van der Waals surface area contributed by atoms with Crippen LogP contribution in [0.5, 0.6) is 0 Å². The van der Waals surface area contributed by atoms with Gasteiger partial charge in [-0.25, -0.2) is 9.67 Å². The van der Waals surface area contributed by atoms with Gasteiger partial charge in [-0.1, -0.05) is 18.2 Å². The minimum atomic E-state index is 0.472. The molecule has 0 atom stereocenters. The lowest BCUT2D eigenvalue weighted by molar-refractivity contribution is 0.776. The second-order valence-electron chi connectivity index (χ2n) is 6.12. The van der Waals surface area contributed by atoms with Crippen molar-refractivity contribution in [2.24, 2.45) is 7.05 Å². The minimum absolute atomic E-state index is 0.472. The molecule has 0 aliphatic rings. The standard InChI is InChI=1S/C19H17N7/c1-12-9-16(22-18-14(10-20)11-21-25(18)3)23-19-17(12)13(2)24-26(19)15-7-5-4-6-8-15/h4-9,11H,1-3H3,(H,22,23). The van der Waals surface area contributed by atoms with E-state index in [-0.39, 0.29) is 0 Å². The average Bonchev–Trinajstić information content (AvgIpc) is 3.16. The van der Waals surface area contributed by atoms with Crippen LogP contribution in [0.4, 0.5) is 11.6 Å². The predicted octanol–water partition coefficient (Wildman–Crippen LogP) is 3.39. The first-order valence-corrected chi connectivity index (χ1v) is 8.20. The first-order valence-electron chi connectivity index (χ1n) is 8.20. The molecule has 0 saturated heterocycles. The molecular formula is C19H17N7. The number of fused-ring (bicyclic) bond motifs is 1. The van der Waals surface area contributed by atoms with Crippen molar-refractivity contribution in [3.63, 3.8) is 0 Å². The molecule has 0 amide bonds. The Bertz CT molecular complexity index is 1150. The van der Waals surface area contributed by atoms with Crippen molar-refractivity contribution in [3.8, 4) is 11.8 Å². The summed E-state index contributed by atoms with van der Waals surface area (Å²) >= 11 is 0. The van der Waals surface area contributed by atoms with Crippen LogP contribution in [-0.4, -0.2) is 24.5 Å². The van der Waals surface area contributed by atoms with Gasteiger partial charge in [0.15, 0.2) is 5.65 Å². The van der Waals surface area contributed by atoms with Gasteiger partial charge in [-0.2, -0.15) is 15.5 Å². The van der Waals surface area contributed by atoms with E-state index in [0.29, 0.717) is 17.2 Å². The number of pyridine rings is 1. The smallest absolute Gasteiger partial charge is 0.165 e. The molecule has 0 aliphatic heterocycles. The SMILES string of the molecule is Cc1cc(Nc2c(C#N)cnn2C)nc2c1c(C)nn2-c1ccccc1. The second-order valence-corrected chi connectivity index (χ2v) is 6.12. The van der Waals surface area contributed by atoms with Gasteiger partial charge in [0, 0.05) is 12.4 Å². The first kappa shape index (κ1) is 15.8. The number of hydrogen-bond donors (Lipinski definition) is 1. The van der Waals surface area contributed by atoms with Crippen LogP contribution in [0, 0.1) is 25.2 Å². The Kier molecular flexibility index (Phi) is 3.66. The van der Waals surface area contributed by atoms with E-state index in [1.54, 1.807) is 11.7 Å². The maximum Gasteiger partial charge on any atom is 0.165 e. The molecule has 0 radical (unpaired) electrons. The van der Waals surface area contributed by atoms with Crippen LogP contribution in [-0.2, 0) is 7.05 Å². The Morgan fingerprint density at radius 1 is 1.15 bits per heavy atom. The molecule has 0 bridgehead atoms. The summed E-state index contributed by atoms with van der Waals surface area (Å²) in [5, 5.41) is 22.3. The Morgan fingerprint density at radius 3 is 2.65 bits per heavy atom. The summed E-state index contributed by atoms with van der Waals surface area (Å²) in [7, 11) is 1.78. The molecule has 26 heavy (non-hydrogen) atoms. The maximum absolute atomic E-state index is 9.25. The Balaban J connectivity index is 1.88. The fourth-order valence-corrected chi connectivity index (χ4v) is 3.11.